The highest BCUT2D eigenvalue weighted by Gasteiger charge is 2.49. The number of fused-ring (bicyclic) bond motifs is 4. The number of quaternary nitrogens is 1. The first-order valence-electron chi connectivity index (χ1n) is 11.6. The van der Waals surface area contributed by atoms with Gasteiger partial charge in [-0.2, -0.15) is 0 Å². The number of halogens is 1. The molecule has 158 valence electrons. The maximum atomic E-state index is 6.68. The summed E-state index contributed by atoms with van der Waals surface area (Å²) in [6.45, 7) is 8.34. The number of aromatic amines is 1. The van der Waals surface area contributed by atoms with Crippen LogP contribution in [-0.2, 0) is 5.54 Å². The molecule has 5 rings (SSSR count). The van der Waals surface area contributed by atoms with E-state index in [-0.39, 0.29) is 5.54 Å². The molecule has 3 heteroatoms. The van der Waals surface area contributed by atoms with Crippen LogP contribution in [0, 0.1) is 11.3 Å². The topological polar surface area (TPSA) is 32.4 Å². The van der Waals surface area contributed by atoms with E-state index in [1.165, 1.54) is 59.8 Å². The second-order valence-corrected chi connectivity index (χ2v) is 10.7. The third-order valence-corrected chi connectivity index (χ3v) is 8.86. The van der Waals surface area contributed by atoms with Crippen LogP contribution < -0.4 is 5.32 Å². The highest BCUT2D eigenvalue weighted by atomic mass is 35.5. The molecule has 30 heavy (non-hydrogen) atoms. The molecule has 1 saturated carbocycles. The van der Waals surface area contributed by atoms with Gasteiger partial charge in [-0.15, -0.1) is 0 Å². The summed E-state index contributed by atoms with van der Waals surface area (Å²) in [6.07, 6.45) is 6.43. The van der Waals surface area contributed by atoms with E-state index in [0.29, 0.717) is 11.3 Å². The lowest BCUT2D eigenvalue weighted by atomic mass is 9.63. The molecule has 1 spiro atoms. The summed E-state index contributed by atoms with van der Waals surface area (Å²) in [7, 11) is 0. The average Bonchev–Trinajstić information content (AvgIpc) is 3.16. The van der Waals surface area contributed by atoms with E-state index in [4.69, 9.17) is 11.6 Å². The molecule has 0 radical (unpaired) electrons. The fourth-order valence-corrected chi connectivity index (χ4v) is 6.45. The zero-order valence-corrected chi connectivity index (χ0v) is 19.2. The summed E-state index contributed by atoms with van der Waals surface area (Å²) in [4.78, 5) is 3.89. The first kappa shape index (κ1) is 20.2. The fourth-order valence-electron chi connectivity index (χ4n) is 6.18. The summed E-state index contributed by atoms with van der Waals surface area (Å²) in [5.41, 5.74) is 6.12. The van der Waals surface area contributed by atoms with Crippen LogP contribution in [0.4, 0.5) is 0 Å². The van der Waals surface area contributed by atoms with Crippen LogP contribution in [-0.4, -0.2) is 11.5 Å². The lowest BCUT2D eigenvalue weighted by molar-refractivity contribution is -0.746. The number of nitrogens with one attached hydrogen (secondary N) is 1. The number of hydrogen-bond acceptors (Lipinski definition) is 0. The number of hydrogen-bond donors (Lipinski definition) is 2. The lowest BCUT2D eigenvalue weighted by Crippen LogP contribution is -2.97. The van der Waals surface area contributed by atoms with Gasteiger partial charge in [-0.3, -0.25) is 0 Å². The van der Waals surface area contributed by atoms with Crippen LogP contribution in [0.3, 0.4) is 0 Å². The van der Waals surface area contributed by atoms with Crippen molar-refractivity contribution in [3.05, 3.63) is 70.4 Å². The SMILES string of the molecule is CCC(C)(C)C1CCC2(CC1)[NH2+]C[C@@H](c1ccccc1Cl)c1c2[nH]c2ccccc12. The second kappa shape index (κ2) is 7.43. The molecule has 3 N–H and O–H groups in total. The summed E-state index contributed by atoms with van der Waals surface area (Å²) >= 11 is 6.68. The van der Waals surface area contributed by atoms with Gasteiger partial charge in [0.2, 0.25) is 0 Å². The summed E-state index contributed by atoms with van der Waals surface area (Å²) in [5, 5.41) is 4.91. The summed E-state index contributed by atoms with van der Waals surface area (Å²) in [6, 6.07) is 17.2. The zero-order chi connectivity index (χ0) is 20.9. The van der Waals surface area contributed by atoms with Gasteiger partial charge >= 0.3 is 0 Å². The van der Waals surface area contributed by atoms with Gasteiger partial charge in [0.25, 0.3) is 0 Å². The van der Waals surface area contributed by atoms with Crippen LogP contribution >= 0.6 is 11.6 Å². The van der Waals surface area contributed by atoms with E-state index in [0.717, 1.165) is 17.5 Å². The molecule has 1 aliphatic carbocycles. The lowest BCUT2D eigenvalue weighted by Gasteiger charge is -2.46. The summed E-state index contributed by atoms with van der Waals surface area (Å²) < 4.78 is 0. The van der Waals surface area contributed by atoms with E-state index in [1.807, 2.05) is 12.1 Å². The molecule has 2 heterocycles. The number of benzene rings is 2. The van der Waals surface area contributed by atoms with E-state index in [2.05, 4.69) is 67.5 Å². The van der Waals surface area contributed by atoms with Crippen LogP contribution in [0.15, 0.2) is 48.5 Å². The molecular formula is C27H34ClN2+. The van der Waals surface area contributed by atoms with Crippen molar-refractivity contribution in [2.75, 3.05) is 6.54 Å². The van der Waals surface area contributed by atoms with E-state index >= 15 is 0 Å². The van der Waals surface area contributed by atoms with Crippen molar-refractivity contribution in [2.45, 2.75) is 64.3 Å². The van der Waals surface area contributed by atoms with Crippen molar-refractivity contribution in [2.24, 2.45) is 11.3 Å². The number of H-pyrrole nitrogens is 1. The Morgan fingerprint density at radius 3 is 2.50 bits per heavy atom. The zero-order valence-electron chi connectivity index (χ0n) is 18.5. The van der Waals surface area contributed by atoms with Crippen LogP contribution in [0.25, 0.3) is 10.9 Å². The molecule has 0 saturated heterocycles. The molecular weight excluding hydrogens is 388 g/mol. The van der Waals surface area contributed by atoms with Crippen molar-refractivity contribution in [1.29, 1.82) is 0 Å². The standard InChI is InChI=1S/C27H33ClN2/c1-4-26(2,3)18-13-15-27(16-14-18)25-24(20-10-6-8-12-23(20)30-25)21(17-29-27)19-9-5-7-11-22(19)28/h5-12,18,21,29-30H,4,13-17H2,1-3H3/p+1/t18?,21-,27?/m0/s1. The van der Waals surface area contributed by atoms with Crippen LogP contribution in [0.1, 0.15) is 75.6 Å². The van der Waals surface area contributed by atoms with Crippen molar-refractivity contribution in [3.63, 3.8) is 0 Å². The van der Waals surface area contributed by atoms with E-state index in [9.17, 15) is 0 Å². The predicted molar refractivity (Wildman–Crippen MR) is 126 cm³/mol. The number of nitrogens with two attached hydrogens (primary N) is 1. The van der Waals surface area contributed by atoms with Crippen molar-refractivity contribution in [3.8, 4) is 0 Å². The van der Waals surface area contributed by atoms with Gasteiger partial charge in [-0.25, -0.2) is 0 Å². The Morgan fingerprint density at radius 2 is 1.77 bits per heavy atom. The van der Waals surface area contributed by atoms with Crippen LogP contribution in [0.5, 0.6) is 0 Å². The first-order valence-corrected chi connectivity index (χ1v) is 12.0. The molecule has 0 amide bonds. The summed E-state index contributed by atoms with van der Waals surface area (Å²) in [5.74, 6) is 1.16. The third-order valence-electron chi connectivity index (χ3n) is 8.51. The normalized spacial score (nSPS) is 26.8. The fraction of sp³-hybridized carbons (Fsp3) is 0.481. The Morgan fingerprint density at radius 1 is 1.07 bits per heavy atom. The molecule has 2 aromatic carbocycles. The Hall–Kier alpha value is -1.77. The third kappa shape index (κ3) is 3.11. The van der Waals surface area contributed by atoms with E-state index < -0.39 is 0 Å². The Bertz CT molecular complexity index is 1060. The molecule has 2 aliphatic rings. The van der Waals surface area contributed by atoms with E-state index in [1.54, 1.807) is 0 Å². The van der Waals surface area contributed by atoms with Gasteiger partial charge in [-0.1, -0.05) is 75.2 Å². The molecule has 1 aliphatic heterocycles. The molecule has 1 aromatic heterocycles. The molecule has 0 unspecified atom stereocenters. The first-order chi connectivity index (χ1) is 14.5. The minimum absolute atomic E-state index is 0.187. The number of rotatable bonds is 3. The Kier molecular flexibility index (Phi) is 4.99. The van der Waals surface area contributed by atoms with Crippen LogP contribution in [0.2, 0.25) is 5.02 Å². The van der Waals surface area contributed by atoms with Gasteiger partial charge in [0.05, 0.1) is 18.2 Å². The van der Waals surface area contributed by atoms with Crippen molar-refractivity contribution < 1.29 is 5.32 Å². The van der Waals surface area contributed by atoms with Gasteiger partial charge in [0.1, 0.15) is 5.54 Å². The smallest absolute Gasteiger partial charge is 0.137 e. The van der Waals surface area contributed by atoms with Gasteiger partial charge in [-0.05, 0) is 41.9 Å². The van der Waals surface area contributed by atoms with Crippen molar-refractivity contribution in [1.82, 2.24) is 4.98 Å². The number of aromatic nitrogens is 1. The molecule has 0 bridgehead atoms. The van der Waals surface area contributed by atoms with Gasteiger partial charge in [0, 0.05) is 34.3 Å². The van der Waals surface area contributed by atoms with Crippen molar-refractivity contribution >= 4 is 22.5 Å². The number of para-hydroxylation sites is 1. The van der Waals surface area contributed by atoms with Gasteiger partial charge < -0.3 is 10.3 Å². The molecule has 1 atom stereocenters. The Labute approximate surface area is 185 Å². The maximum Gasteiger partial charge on any atom is 0.137 e. The average molecular weight is 422 g/mol. The largest absolute Gasteiger partial charge is 0.353 e. The minimum Gasteiger partial charge on any atom is -0.353 e. The quantitative estimate of drug-likeness (QED) is 0.493. The van der Waals surface area contributed by atoms with Gasteiger partial charge in [0.15, 0.2) is 0 Å². The maximum absolute atomic E-state index is 6.68. The molecule has 1 fully saturated rings. The second-order valence-electron chi connectivity index (χ2n) is 10.2. The monoisotopic (exact) mass is 421 g/mol. The highest BCUT2D eigenvalue weighted by molar-refractivity contribution is 6.31. The highest BCUT2D eigenvalue weighted by Crippen LogP contribution is 2.49. The predicted octanol–water partition coefficient (Wildman–Crippen LogP) is 6.35. The molecule has 2 nitrogen and oxygen atoms in total. The molecule has 3 aromatic rings. The minimum atomic E-state index is 0.187. The Balaban J connectivity index is 1.59.